The molecule has 2 aromatic rings. The first kappa shape index (κ1) is 14.7. The van der Waals surface area contributed by atoms with Crippen molar-refractivity contribution < 1.29 is 9.18 Å². The lowest BCUT2D eigenvalue weighted by molar-refractivity contribution is 0.0533. The zero-order valence-electron chi connectivity index (χ0n) is 12.7. The van der Waals surface area contributed by atoms with Crippen LogP contribution in [0.25, 0.3) is 0 Å². The van der Waals surface area contributed by atoms with Gasteiger partial charge in [0.05, 0.1) is 6.04 Å². The van der Waals surface area contributed by atoms with E-state index in [1.807, 2.05) is 14.0 Å². The van der Waals surface area contributed by atoms with E-state index in [2.05, 4.69) is 14.9 Å². The van der Waals surface area contributed by atoms with Gasteiger partial charge in [0.25, 0.3) is 5.91 Å². The third kappa shape index (κ3) is 2.74. The van der Waals surface area contributed by atoms with Gasteiger partial charge in [0.2, 0.25) is 0 Å². The Hall–Kier alpha value is -2.21. The van der Waals surface area contributed by atoms with E-state index < -0.39 is 0 Å². The predicted octanol–water partition coefficient (Wildman–Crippen LogP) is 1.99. The molecule has 1 aromatic heterocycles. The number of hydrogen-bond acceptors (Lipinski definition) is 3. The van der Waals surface area contributed by atoms with Crippen molar-refractivity contribution in [3.05, 3.63) is 53.4 Å². The second kappa shape index (κ2) is 5.88. The Morgan fingerprint density at radius 2 is 2.23 bits per heavy atom. The van der Waals surface area contributed by atoms with Gasteiger partial charge in [-0.3, -0.25) is 9.69 Å². The highest BCUT2D eigenvalue weighted by molar-refractivity contribution is 5.95. The maximum absolute atomic E-state index is 13.4. The summed E-state index contributed by atoms with van der Waals surface area (Å²) in [7, 11) is 2.02. The van der Waals surface area contributed by atoms with Gasteiger partial charge in [0.15, 0.2) is 0 Å². The van der Waals surface area contributed by atoms with E-state index in [9.17, 15) is 9.18 Å². The minimum absolute atomic E-state index is 0.0292. The number of nitrogens with one attached hydrogen (secondary N) is 1. The number of benzene rings is 1. The SMILES string of the molecule is Cc1ccc(F)cc1C(=O)N1CCN(C)C(c2ncc[nH]2)C1. The molecule has 116 valence electrons. The molecule has 0 aliphatic carbocycles. The van der Waals surface area contributed by atoms with Gasteiger partial charge in [0, 0.05) is 37.6 Å². The van der Waals surface area contributed by atoms with Crippen LogP contribution in [-0.4, -0.2) is 52.4 Å². The van der Waals surface area contributed by atoms with Crippen LogP contribution in [0.5, 0.6) is 0 Å². The fourth-order valence-corrected chi connectivity index (χ4v) is 2.81. The molecule has 1 fully saturated rings. The van der Waals surface area contributed by atoms with Gasteiger partial charge in [-0.15, -0.1) is 0 Å². The minimum Gasteiger partial charge on any atom is -0.347 e. The van der Waals surface area contributed by atoms with Crippen LogP contribution in [0.15, 0.2) is 30.6 Å². The van der Waals surface area contributed by atoms with E-state index in [1.54, 1.807) is 23.4 Å². The number of halogens is 1. The number of amides is 1. The zero-order chi connectivity index (χ0) is 15.7. The highest BCUT2D eigenvalue weighted by Crippen LogP contribution is 2.23. The second-order valence-electron chi connectivity index (χ2n) is 5.68. The van der Waals surface area contributed by atoms with Crippen LogP contribution < -0.4 is 0 Å². The van der Waals surface area contributed by atoms with Crippen LogP contribution in [0.2, 0.25) is 0 Å². The number of aromatic nitrogens is 2. The van der Waals surface area contributed by atoms with Gasteiger partial charge in [-0.1, -0.05) is 6.07 Å². The Balaban J connectivity index is 1.83. The van der Waals surface area contributed by atoms with Gasteiger partial charge >= 0.3 is 0 Å². The van der Waals surface area contributed by atoms with Crippen LogP contribution in [0.4, 0.5) is 4.39 Å². The number of carbonyl (C=O) groups excluding carboxylic acids is 1. The van der Waals surface area contributed by atoms with Crippen molar-refractivity contribution in [1.82, 2.24) is 19.8 Å². The Bertz CT molecular complexity index is 671. The standard InChI is InChI=1S/C16H19FN4O/c1-11-3-4-12(17)9-13(11)16(22)21-8-7-20(2)14(10-21)15-18-5-6-19-15/h3-6,9,14H,7-8,10H2,1-2H3,(H,18,19). The molecule has 6 heteroatoms. The lowest BCUT2D eigenvalue weighted by Gasteiger charge is -2.38. The molecule has 0 bridgehead atoms. The molecule has 1 aliphatic rings. The average molecular weight is 302 g/mol. The number of likely N-dealkylation sites (N-methyl/N-ethyl adjacent to an activating group) is 1. The molecule has 1 aromatic carbocycles. The largest absolute Gasteiger partial charge is 0.347 e. The van der Waals surface area contributed by atoms with Crippen molar-refractivity contribution >= 4 is 5.91 Å². The molecule has 1 unspecified atom stereocenters. The molecule has 0 spiro atoms. The number of aromatic amines is 1. The van der Waals surface area contributed by atoms with Gasteiger partial charge in [0.1, 0.15) is 11.6 Å². The maximum Gasteiger partial charge on any atom is 0.254 e. The molecular formula is C16H19FN4O. The smallest absolute Gasteiger partial charge is 0.254 e. The normalized spacial score (nSPS) is 19.4. The predicted molar refractivity (Wildman–Crippen MR) is 81.0 cm³/mol. The molecular weight excluding hydrogens is 283 g/mol. The van der Waals surface area contributed by atoms with Gasteiger partial charge in [-0.05, 0) is 31.7 Å². The third-order valence-corrected chi connectivity index (χ3v) is 4.20. The molecule has 5 nitrogen and oxygen atoms in total. The van der Waals surface area contributed by atoms with Crippen molar-refractivity contribution in [2.24, 2.45) is 0 Å². The molecule has 1 saturated heterocycles. The lowest BCUT2D eigenvalue weighted by atomic mass is 10.1. The number of H-pyrrole nitrogens is 1. The van der Waals surface area contributed by atoms with Crippen molar-refractivity contribution in [2.75, 3.05) is 26.7 Å². The van der Waals surface area contributed by atoms with Crippen LogP contribution in [0.1, 0.15) is 27.8 Å². The number of nitrogens with zero attached hydrogens (tertiary/aromatic N) is 3. The first-order chi connectivity index (χ1) is 10.6. The van der Waals surface area contributed by atoms with Gasteiger partial charge in [-0.2, -0.15) is 0 Å². The van der Waals surface area contributed by atoms with E-state index in [0.717, 1.165) is 17.9 Å². The number of carbonyl (C=O) groups is 1. The van der Waals surface area contributed by atoms with Crippen LogP contribution >= 0.6 is 0 Å². The van der Waals surface area contributed by atoms with Gasteiger partial charge in [-0.25, -0.2) is 9.37 Å². The highest BCUT2D eigenvalue weighted by Gasteiger charge is 2.30. The fraction of sp³-hybridized carbons (Fsp3) is 0.375. The molecule has 22 heavy (non-hydrogen) atoms. The number of aryl methyl sites for hydroxylation is 1. The summed E-state index contributed by atoms with van der Waals surface area (Å²) in [6, 6.07) is 4.36. The minimum atomic E-state index is -0.384. The quantitative estimate of drug-likeness (QED) is 0.923. The summed E-state index contributed by atoms with van der Waals surface area (Å²) in [4.78, 5) is 24.0. The summed E-state index contributed by atoms with van der Waals surface area (Å²) in [5, 5.41) is 0. The first-order valence-electron chi connectivity index (χ1n) is 7.31. The molecule has 2 heterocycles. The van der Waals surface area contributed by atoms with Crippen molar-refractivity contribution in [2.45, 2.75) is 13.0 Å². The Morgan fingerprint density at radius 1 is 1.41 bits per heavy atom. The zero-order valence-corrected chi connectivity index (χ0v) is 12.7. The number of piperazine rings is 1. The van der Waals surface area contributed by atoms with Crippen molar-refractivity contribution in [3.8, 4) is 0 Å². The van der Waals surface area contributed by atoms with E-state index in [0.29, 0.717) is 18.7 Å². The first-order valence-corrected chi connectivity index (χ1v) is 7.31. The summed E-state index contributed by atoms with van der Waals surface area (Å²) in [5.74, 6) is 0.336. The van der Waals surface area contributed by atoms with Crippen LogP contribution in [-0.2, 0) is 0 Å². The highest BCUT2D eigenvalue weighted by atomic mass is 19.1. The summed E-state index contributed by atoms with van der Waals surface area (Å²) >= 11 is 0. The van der Waals surface area contributed by atoms with E-state index >= 15 is 0 Å². The number of imidazole rings is 1. The molecule has 1 atom stereocenters. The van der Waals surface area contributed by atoms with E-state index in [1.165, 1.54) is 12.1 Å². The average Bonchev–Trinajstić information content (AvgIpc) is 3.03. The second-order valence-corrected chi connectivity index (χ2v) is 5.68. The summed E-state index contributed by atoms with van der Waals surface area (Å²) in [5.41, 5.74) is 1.22. The monoisotopic (exact) mass is 302 g/mol. The molecule has 1 N–H and O–H groups in total. The van der Waals surface area contributed by atoms with Gasteiger partial charge < -0.3 is 9.88 Å². The Morgan fingerprint density at radius 3 is 2.95 bits per heavy atom. The summed E-state index contributed by atoms with van der Waals surface area (Å²) < 4.78 is 13.4. The van der Waals surface area contributed by atoms with Crippen LogP contribution in [0, 0.1) is 12.7 Å². The number of hydrogen-bond donors (Lipinski definition) is 1. The molecule has 0 saturated carbocycles. The Labute approximate surface area is 128 Å². The lowest BCUT2D eigenvalue weighted by Crippen LogP contribution is -2.49. The molecule has 1 aliphatic heterocycles. The molecule has 0 radical (unpaired) electrons. The van der Waals surface area contributed by atoms with E-state index in [4.69, 9.17) is 0 Å². The van der Waals surface area contributed by atoms with Crippen molar-refractivity contribution in [3.63, 3.8) is 0 Å². The summed E-state index contributed by atoms with van der Waals surface area (Å²) in [6.07, 6.45) is 3.49. The molecule has 1 amide bonds. The Kier molecular flexibility index (Phi) is 3.94. The summed E-state index contributed by atoms with van der Waals surface area (Å²) in [6.45, 7) is 3.75. The maximum atomic E-state index is 13.4. The van der Waals surface area contributed by atoms with Crippen molar-refractivity contribution in [1.29, 1.82) is 0 Å². The third-order valence-electron chi connectivity index (χ3n) is 4.20. The van der Waals surface area contributed by atoms with Crippen LogP contribution in [0.3, 0.4) is 0 Å². The topological polar surface area (TPSA) is 52.2 Å². The number of rotatable bonds is 2. The fourth-order valence-electron chi connectivity index (χ4n) is 2.81. The van der Waals surface area contributed by atoms with E-state index in [-0.39, 0.29) is 17.8 Å². The molecule has 3 rings (SSSR count).